The number of thiophene rings is 1. The third-order valence-corrected chi connectivity index (χ3v) is 5.65. The van der Waals surface area contributed by atoms with Gasteiger partial charge in [0.2, 0.25) is 0 Å². The zero-order chi connectivity index (χ0) is 11.5. The van der Waals surface area contributed by atoms with Gasteiger partial charge in [-0.2, -0.15) is 4.31 Å². The molecule has 0 fully saturated rings. The highest BCUT2D eigenvalue weighted by Crippen LogP contribution is 2.24. The predicted octanol–water partition coefficient (Wildman–Crippen LogP) is 0.890. The number of nitrogens with zero attached hydrogens (tertiary/aromatic N) is 1. The van der Waals surface area contributed by atoms with Crippen LogP contribution in [0.5, 0.6) is 0 Å². The van der Waals surface area contributed by atoms with Gasteiger partial charge in [-0.1, -0.05) is 6.92 Å². The number of hydrogen-bond donors (Lipinski definition) is 1. The van der Waals surface area contributed by atoms with Gasteiger partial charge in [-0.3, -0.25) is 0 Å². The number of nitrogens with two attached hydrogens (primary N) is 1. The van der Waals surface area contributed by atoms with Crippen LogP contribution >= 0.6 is 11.3 Å². The minimum atomic E-state index is -3.32. The van der Waals surface area contributed by atoms with Crippen molar-refractivity contribution in [1.29, 1.82) is 0 Å². The molecule has 1 aromatic heterocycles. The number of likely N-dealkylation sites (N-methyl/N-ethyl adjacent to an activating group) is 1. The van der Waals surface area contributed by atoms with Gasteiger partial charge in [0, 0.05) is 25.0 Å². The quantitative estimate of drug-likeness (QED) is 0.841. The first-order chi connectivity index (χ1) is 7.02. The van der Waals surface area contributed by atoms with E-state index in [4.69, 9.17) is 5.73 Å². The molecule has 0 atom stereocenters. The maximum absolute atomic E-state index is 11.9. The Balaban J connectivity index is 2.95. The smallest absolute Gasteiger partial charge is 0.252 e. The SMILES string of the molecule is CCc1ccc(S(=O)(=O)N(C)CCN)s1. The number of hydrogen-bond acceptors (Lipinski definition) is 4. The van der Waals surface area contributed by atoms with Crippen molar-refractivity contribution in [2.24, 2.45) is 5.73 Å². The molecule has 0 aliphatic rings. The molecular weight excluding hydrogens is 232 g/mol. The van der Waals surface area contributed by atoms with Crippen molar-refractivity contribution in [1.82, 2.24) is 4.31 Å². The molecule has 1 rings (SSSR count). The van der Waals surface area contributed by atoms with Crippen LogP contribution in [0.4, 0.5) is 0 Å². The highest BCUT2D eigenvalue weighted by atomic mass is 32.2. The molecule has 0 bridgehead atoms. The lowest BCUT2D eigenvalue weighted by Gasteiger charge is -2.14. The molecule has 0 radical (unpaired) electrons. The van der Waals surface area contributed by atoms with E-state index < -0.39 is 10.0 Å². The molecule has 1 heterocycles. The fourth-order valence-corrected chi connectivity index (χ4v) is 3.83. The Hall–Kier alpha value is -0.430. The third-order valence-electron chi connectivity index (χ3n) is 2.09. The maximum atomic E-state index is 11.9. The number of sulfonamides is 1. The first-order valence-electron chi connectivity index (χ1n) is 4.77. The molecule has 6 heteroatoms. The molecule has 0 amide bonds. The van der Waals surface area contributed by atoms with Gasteiger partial charge in [0.1, 0.15) is 4.21 Å². The highest BCUT2D eigenvalue weighted by Gasteiger charge is 2.21. The lowest BCUT2D eigenvalue weighted by molar-refractivity contribution is 0.478. The normalized spacial score (nSPS) is 12.3. The average Bonchev–Trinajstić information content (AvgIpc) is 2.66. The van der Waals surface area contributed by atoms with Gasteiger partial charge in [-0.05, 0) is 18.6 Å². The van der Waals surface area contributed by atoms with Crippen molar-refractivity contribution in [3.05, 3.63) is 17.0 Å². The summed E-state index contributed by atoms with van der Waals surface area (Å²) in [6.45, 7) is 2.69. The summed E-state index contributed by atoms with van der Waals surface area (Å²) in [5.74, 6) is 0. The summed E-state index contributed by atoms with van der Waals surface area (Å²) in [4.78, 5) is 1.08. The molecule has 15 heavy (non-hydrogen) atoms. The lowest BCUT2D eigenvalue weighted by Crippen LogP contribution is -2.31. The Kier molecular flexibility index (Phi) is 4.27. The second-order valence-electron chi connectivity index (χ2n) is 3.19. The van der Waals surface area contributed by atoms with Gasteiger partial charge in [-0.25, -0.2) is 8.42 Å². The Labute approximate surface area is 94.8 Å². The van der Waals surface area contributed by atoms with E-state index >= 15 is 0 Å². The van der Waals surface area contributed by atoms with Crippen LogP contribution < -0.4 is 5.73 Å². The summed E-state index contributed by atoms with van der Waals surface area (Å²) < 4.78 is 25.6. The predicted molar refractivity (Wildman–Crippen MR) is 62.6 cm³/mol. The summed E-state index contributed by atoms with van der Waals surface area (Å²) in [5, 5.41) is 0. The van der Waals surface area contributed by atoms with Gasteiger partial charge in [0.05, 0.1) is 0 Å². The van der Waals surface area contributed by atoms with Gasteiger partial charge in [0.25, 0.3) is 10.0 Å². The van der Waals surface area contributed by atoms with E-state index in [-0.39, 0.29) is 0 Å². The molecule has 0 aliphatic carbocycles. The summed E-state index contributed by atoms with van der Waals surface area (Å²) in [5.41, 5.74) is 5.33. The van der Waals surface area contributed by atoms with Gasteiger partial charge < -0.3 is 5.73 Å². The average molecular weight is 248 g/mol. The van der Waals surface area contributed by atoms with Crippen LogP contribution in [0.15, 0.2) is 16.3 Å². The second kappa shape index (κ2) is 5.07. The molecule has 1 aromatic rings. The Bertz CT molecular complexity index is 412. The van der Waals surface area contributed by atoms with E-state index in [0.29, 0.717) is 17.3 Å². The largest absolute Gasteiger partial charge is 0.329 e. The maximum Gasteiger partial charge on any atom is 0.252 e. The molecule has 0 aromatic carbocycles. The fourth-order valence-electron chi connectivity index (χ4n) is 1.14. The standard InChI is InChI=1S/C9H16N2O2S2/c1-3-8-4-5-9(14-8)15(12,13)11(2)7-6-10/h4-5H,3,6-7,10H2,1-2H3. The van der Waals surface area contributed by atoms with Gasteiger partial charge >= 0.3 is 0 Å². The van der Waals surface area contributed by atoms with Crippen molar-refractivity contribution < 1.29 is 8.42 Å². The van der Waals surface area contributed by atoms with Crippen molar-refractivity contribution in [3.63, 3.8) is 0 Å². The first kappa shape index (κ1) is 12.6. The summed E-state index contributed by atoms with van der Waals surface area (Å²) in [6, 6.07) is 3.51. The molecule has 0 aliphatic heterocycles. The summed E-state index contributed by atoms with van der Waals surface area (Å²) in [7, 11) is -1.77. The van der Waals surface area contributed by atoms with Gasteiger partial charge in [-0.15, -0.1) is 11.3 Å². The highest BCUT2D eigenvalue weighted by molar-refractivity contribution is 7.91. The molecule has 0 unspecified atom stereocenters. The minimum absolute atomic E-state index is 0.335. The topological polar surface area (TPSA) is 63.4 Å². The van der Waals surface area contributed by atoms with Crippen LogP contribution in [-0.2, 0) is 16.4 Å². The van der Waals surface area contributed by atoms with E-state index in [1.807, 2.05) is 13.0 Å². The zero-order valence-corrected chi connectivity index (χ0v) is 10.6. The molecule has 2 N–H and O–H groups in total. The van der Waals surface area contributed by atoms with E-state index in [1.165, 1.54) is 15.6 Å². The molecule has 0 spiro atoms. The third kappa shape index (κ3) is 2.78. The summed E-state index contributed by atoms with van der Waals surface area (Å²) >= 11 is 1.32. The molecule has 4 nitrogen and oxygen atoms in total. The number of aryl methyl sites for hydroxylation is 1. The van der Waals surface area contributed by atoms with Crippen LogP contribution in [0.25, 0.3) is 0 Å². The molecular formula is C9H16N2O2S2. The van der Waals surface area contributed by atoms with Gasteiger partial charge in [0.15, 0.2) is 0 Å². The van der Waals surface area contributed by atoms with E-state index in [2.05, 4.69) is 0 Å². The van der Waals surface area contributed by atoms with E-state index in [9.17, 15) is 8.42 Å². The van der Waals surface area contributed by atoms with E-state index in [0.717, 1.165) is 11.3 Å². The molecule has 86 valence electrons. The first-order valence-corrected chi connectivity index (χ1v) is 7.03. The Morgan fingerprint density at radius 3 is 2.60 bits per heavy atom. The Morgan fingerprint density at radius 2 is 2.13 bits per heavy atom. The fraction of sp³-hybridized carbons (Fsp3) is 0.556. The van der Waals surface area contributed by atoms with Crippen LogP contribution in [0.2, 0.25) is 0 Å². The summed E-state index contributed by atoms with van der Waals surface area (Å²) in [6.07, 6.45) is 0.862. The van der Waals surface area contributed by atoms with Crippen molar-refractivity contribution >= 4 is 21.4 Å². The number of rotatable bonds is 5. The second-order valence-corrected chi connectivity index (χ2v) is 6.63. The van der Waals surface area contributed by atoms with Crippen LogP contribution in [-0.4, -0.2) is 32.9 Å². The minimum Gasteiger partial charge on any atom is -0.329 e. The van der Waals surface area contributed by atoms with Crippen LogP contribution in [0, 0.1) is 0 Å². The van der Waals surface area contributed by atoms with Crippen molar-refractivity contribution in [3.8, 4) is 0 Å². The van der Waals surface area contributed by atoms with Crippen LogP contribution in [0.1, 0.15) is 11.8 Å². The van der Waals surface area contributed by atoms with E-state index in [1.54, 1.807) is 13.1 Å². The Morgan fingerprint density at radius 1 is 1.47 bits per heavy atom. The monoisotopic (exact) mass is 248 g/mol. The molecule has 0 saturated heterocycles. The zero-order valence-electron chi connectivity index (χ0n) is 8.93. The van der Waals surface area contributed by atoms with Crippen molar-refractivity contribution in [2.75, 3.05) is 20.1 Å². The van der Waals surface area contributed by atoms with Crippen LogP contribution in [0.3, 0.4) is 0 Å². The van der Waals surface area contributed by atoms with Crippen molar-refractivity contribution in [2.45, 2.75) is 17.6 Å². The molecule has 0 saturated carbocycles. The lowest BCUT2D eigenvalue weighted by atomic mass is 10.4.